The van der Waals surface area contributed by atoms with Gasteiger partial charge in [0, 0.05) is 25.0 Å². The largest absolute Gasteiger partial charge is 0.449 e. The first-order valence-electron chi connectivity index (χ1n) is 7.53. The van der Waals surface area contributed by atoms with Gasteiger partial charge in [-0.05, 0) is 36.4 Å². The van der Waals surface area contributed by atoms with Gasteiger partial charge in [0.15, 0.2) is 5.65 Å². The van der Waals surface area contributed by atoms with Crippen molar-refractivity contribution in [2.24, 2.45) is 0 Å². The molecule has 2 aromatic heterocycles. The van der Waals surface area contributed by atoms with Crippen LogP contribution in [0.3, 0.4) is 0 Å². The summed E-state index contributed by atoms with van der Waals surface area (Å²) >= 11 is 0. The van der Waals surface area contributed by atoms with Gasteiger partial charge < -0.3 is 15.2 Å². The minimum absolute atomic E-state index is 0.0839. The van der Waals surface area contributed by atoms with E-state index in [0.717, 1.165) is 4.57 Å². The Bertz CT molecular complexity index is 921. The first-order chi connectivity index (χ1) is 12.3. The molecule has 1 aromatic carbocycles. The number of nitrogens with one attached hydrogen (secondary N) is 2. The summed E-state index contributed by atoms with van der Waals surface area (Å²) in [6.45, 7) is -0.253. The smallest absolute Gasteiger partial charge is 0.336 e. The third-order valence-electron chi connectivity index (χ3n) is 3.48. The van der Waals surface area contributed by atoms with Crippen LogP contribution in [0.4, 0.5) is 28.0 Å². The maximum Gasteiger partial charge on any atom is 0.449 e. The molecular weight excluding hydrogens is 354 g/mol. The molecule has 0 aliphatic carbocycles. The number of benzene rings is 1. The number of hydrogen-bond acceptors (Lipinski definition) is 3. The van der Waals surface area contributed by atoms with Crippen molar-refractivity contribution in [3.8, 4) is 0 Å². The molecule has 0 unspecified atom stereocenters. The van der Waals surface area contributed by atoms with Gasteiger partial charge in [-0.3, -0.25) is 0 Å². The van der Waals surface area contributed by atoms with Crippen molar-refractivity contribution in [2.45, 2.75) is 12.7 Å². The minimum Gasteiger partial charge on any atom is -0.336 e. The fraction of sp³-hybridized carbons (Fsp3) is 0.188. The lowest BCUT2D eigenvalue weighted by molar-refractivity contribution is -0.146. The lowest BCUT2D eigenvalue weighted by Crippen LogP contribution is -2.32. The summed E-state index contributed by atoms with van der Waals surface area (Å²) in [6, 6.07) is 7.39. The topological polar surface area (TPSA) is 71.8 Å². The van der Waals surface area contributed by atoms with Crippen molar-refractivity contribution in [1.29, 1.82) is 0 Å². The maximum absolute atomic E-state index is 13.2. The van der Waals surface area contributed by atoms with Gasteiger partial charge in [-0.25, -0.2) is 19.2 Å². The van der Waals surface area contributed by atoms with E-state index in [1.165, 1.54) is 42.6 Å². The van der Waals surface area contributed by atoms with E-state index in [-0.39, 0.29) is 24.3 Å². The molecule has 136 valence electrons. The highest BCUT2D eigenvalue weighted by atomic mass is 19.4. The monoisotopic (exact) mass is 367 g/mol. The molecule has 0 spiro atoms. The third kappa shape index (κ3) is 3.90. The third-order valence-corrected chi connectivity index (χ3v) is 3.48. The average Bonchev–Trinajstić information content (AvgIpc) is 2.96. The van der Waals surface area contributed by atoms with Crippen LogP contribution in [0.15, 0.2) is 42.6 Å². The fourth-order valence-corrected chi connectivity index (χ4v) is 2.38. The summed E-state index contributed by atoms with van der Waals surface area (Å²) in [6.07, 6.45) is -3.27. The molecule has 2 N–H and O–H groups in total. The highest BCUT2D eigenvalue weighted by Gasteiger charge is 2.37. The molecule has 0 radical (unpaired) electrons. The number of hydrogen-bond donors (Lipinski definition) is 2. The highest BCUT2D eigenvalue weighted by Crippen LogP contribution is 2.30. The van der Waals surface area contributed by atoms with Crippen LogP contribution < -0.4 is 10.6 Å². The quantitative estimate of drug-likeness (QED) is 0.694. The van der Waals surface area contributed by atoms with Crippen molar-refractivity contribution in [3.63, 3.8) is 0 Å². The number of carbonyl (C=O) groups excluding carboxylic acids is 1. The molecule has 0 saturated carbocycles. The van der Waals surface area contributed by atoms with Crippen LogP contribution in [-0.4, -0.2) is 27.1 Å². The van der Waals surface area contributed by atoms with Crippen molar-refractivity contribution in [2.75, 3.05) is 11.9 Å². The van der Waals surface area contributed by atoms with Crippen LogP contribution in [0.5, 0.6) is 0 Å². The molecule has 3 rings (SSSR count). The summed E-state index contributed by atoms with van der Waals surface area (Å²) in [5.74, 6) is -1.53. The average molecular weight is 367 g/mol. The van der Waals surface area contributed by atoms with E-state index in [1.807, 2.05) is 0 Å². The summed E-state index contributed by atoms with van der Waals surface area (Å²) in [5, 5.41) is 4.89. The summed E-state index contributed by atoms with van der Waals surface area (Å²) in [7, 11) is 0. The predicted molar refractivity (Wildman–Crippen MR) is 86.0 cm³/mol. The van der Waals surface area contributed by atoms with Gasteiger partial charge in [0.2, 0.25) is 5.82 Å². The zero-order valence-corrected chi connectivity index (χ0v) is 13.2. The van der Waals surface area contributed by atoms with Crippen LogP contribution in [-0.2, 0) is 12.7 Å². The number of fused-ring (bicyclic) bond motifs is 1. The van der Waals surface area contributed by atoms with Gasteiger partial charge in [0.05, 0.1) is 0 Å². The number of urea groups is 1. The number of carbonyl (C=O) groups is 1. The van der Waals surface area contributed by atoms with Gasteiger partial charge in [-0.15, -0.1) is 0 Å². The second kappa shape index (κ2) is 6.98. The first-order valence-corrected chi connectivity index (χ1v) is 7.53. The lowest BCUT2D eigenvalue weighted by Gasteiger charge is -2.12. The van der Waals surface area contributed by atoms with E-state index < -0.39 is 23.8 Å². The molecule has 2 amide bonds. The number of nitrogens with zero attached hydrogens (tertiary/aromatic N) is 3. The van der Waals surface area contributed by atoms with Gasteiger partial charge in [-0.2, -0.15) is 13.2 Å². The lowest BCUT2D eigenvalue weighted by atomic mass is 10.3. The van der Waals surface area contributed by atoms with Gasteiger partial charge in [0.1, 0.15) is 11.3 Å². The van der Waals surface area contributed by atoms with E-state index in [1.54, 1.807) is 0 Å². The summed E-state index contributed by atoms with van der Waals surface area (Å²) < 4.78 is 53.2. The second-order valence-corrected chi connectivity index (χ2v) is 5.32. The van der Waals surface area contributed by atoms with Crippen LogP contribution in [0.1, 0.15) is 5.82 Å². The summed E-state index contributed by atoms with van der Waals surface area (Å²) in [4.78, 5) is 19.3. The highest BCUT2D eigenvalue weighted by molar-refractivity contribution is 5.89. The van der Waals surface area contributed by atoms with Gasteiger partial charge in [0.25, 0.3) is 0 Å². The van der Waals surface area contributed by atoms with Crippen molar-refractivity contribution in [1.82, 2.24) is 19.9 Å². The molecule has 0 aliphatic heterocycles. The zero-order valence-electron chi connectivity index (χ0n) is 13.2. The van der Waals surface area contributed by atoms with E-state index in [9.17, 15) is 22.4 Å². The second-order valence-electron chi connectivity index (χ2n) is 5.32. The Kier molecular flexibility index (Phi) is 4.74. The molecule has 26 heavy (non-hydrogen) atoms. The number of anilines is 1. The van der Waals surface area contributed by atoms with Crippen LogP contribution in [0.2, 0.25) is 0 Å². The number of imidazole rings is 1. The van der Waals surface area contributed by atoms with E-state index >= 15 is 0 Å². The Balaban J connectivity index is 1.67. The van der Waals surface area contributed by atoms with E-state index in [0.29, 0.717) is 5.69 Å². The number of alkyl halides is 3. The molecule has 6 nitrogen and oxygen atoms in total. The summed E-state index contributed by atoms with van der Waals surface area (Å²) in [5.41, 5.74) is 0.561. The Morgan fingerprint density at radius 3 is 2.58 bits per heavy atom. The van der Waals surface area contributed by atoms with Gasteiger partial charge in [-0.1, -0.05) is 0 Å². The Morgan fingerprint density at radius 2 is 1.88 bits per heavy atom. The predicted octanol–water partition coefficient (Wildman–Crippen LogP) is 3.41. The standard InChI is InChI=1S/C16H13F4N5O/c17-10-3-5-11(6-4-10)23-15(26)22-8-9-25-13-12(2-1-7-21-13)24-14(25)16(18,19)20/h1-7H,8-9H2,(H2,22,23,26). The van der Waals surface area contributed by atoms with Crippen molar-refractivity contribution >= 4 is 22.9 Å². The van der Waals surface area contributed by atoms with Crippen molar-refractivity contribution in [3.05, 3.63) is 54.2 Å². The van der Waals surface area contributed by atoms with Gasteiger partial charge >= 0.3 is 12.2 Å². The molecule has 0 saturated heterocycles. The van der Waals surface area contributed by atoms with E-state index in [4.69, 9.17) is 0 Å². The normalized spacial score (nSPS) is 11.5. The molecule has 10 heteroatoms. The molecular formula is C16H13F4N5O. The fourth-order valence-electron chi connectivity index (χ4n) is 2.38. The first kappa shape index (κ1) is 17.6. The van der Waals surface area contributed by atoms with Crippen molar-refractivity contribution < 1.29 is 22.4 Å². The molecule has 3 aromatic rings. The molecule has 2 heterocycles. The minimum atomic E-state index is -4.64. The Morgan fingerprint density at radius 1 is 1.15 bits per heavy atom. The number of aromatic nitrogens is 3. The van der Waals surface area contributed by atoms with Crippen LogP contribution in [0, 0.1) is 5.82 Å². The molecule has 0 atom stereocenters. The molecule has 0 bridgehead atoms. The number of pyridine rings is 1. The molecule has 0 fully saturated rings. The number of amides is 2. The van der Waals surface area contributed by atoms with Crippen LogP contribution in [0.25, 0.3) is 11.2 Å². The number of rotatable bonds is 4. The maximum atomic E-state index is 13.2. The molecule has 0 aliphatic rings. The Labute approximate surface area is 144 Å². The van der Waals surface area contributed by atoms with Crippen LogP contribution >= 0.6 is 0 Å². The van der Waals surface area contributed by atoms with E-state index in [2.05, 4.69) is 20.6 Å². The SMILES string of the molecule is O=C(NCCn1c(C(F)(F)F)nc2cccnc21)Nc1ccc(F)cc1. The zero-order chi connectivity index (χ0) is 18.7. The number of halogens is 4. The Hall–Kier alpha value is -3.17.